The Labute approximate surface area is 93.0 Å². The number of hydrogen-bond donors (Lipinski definition) is 4. The summed E-state index contributed by atoms with van der Waals surface area (Å²) in [6.45, 7) is 5.77. The number of rotatable bonds is 3. The van der Waals surface area contributed by atoms with Gasteiger partial charge in [0, 0.05) is 0 Å². The summed E-state index contributed by atoms with van der Waals surface area (Å²) in [5, 5.41) is 28.9. The molecule has 0 heterocycles. The summed E-state index contributed by atoms with van der Waals surface area (Å²) in [6.07, 6.45) is -2.81. The second-order valence-electron chi connectivity index (χ2n) is 4.37. The number of amides is 1. The maximum atomic E-state index is 11.2. The lowest BCUT2D eigenvalue weighted by Gasteiger charge is -2.28. The monoisotopic (exact) mass is 235 g/mol. The van der Waals surface area contributed by atoms with Gasteiger partial charge in [0.2, 0.25) is 0 Å². The Kier molecular flexibility index (Phi) is 4.28. The molecule has 0 saturated heterocycles. The summed E-state index contributed by atoms with van der Waals surface area (Å²) in [6, 6.07) is 0. The average molecular weight is 235 g/mol. The van der Waals surface area contributed by atoms with Crippen molar-refractivity contribution in [1.82, 2.24) is 5.32 Å². The first-order valence-electron chi connectivity index (χ1n) is 4.64. The van der Waals surface area contributed by atoms with Crippen molar-refractivity contribution in [3.8, 4) is 0 Å². The Morgan fingerprint density at radius 3 is 2.00 bits per heavy atom. The molecule has 0 unspecified atom stereocenters. The number of ether oxygens (including phenoxy) is 1. The fraction of sp³-hybridized carbons (Fsp3) is 0.778. The van der Waals surface area contributed by atoms with Crippen molar-refractivity contribution in [3.63, 3.8) is 0 Å². The zero-order valence-electron chi connectivity index (χ0n) is 9.64. The van der Waals surface area contributed by atoms with Crippen LogP contribution in [0.25, 0.3) is 0 Å². The van der Waals surface area contributed by atoms with E-state index in [0.29, 0.717) is 0 Å². The fourth-order valence-electron chi connectivity index (χ4n) is 0.796. The molecule has 0 aliphatic heterocycles. The Morgan fingerprint density at radius 2 is 1.75 bits per heavy atom. The number of carbonyl (C=O) groups excluding carboxylic acids is 1. The minimum Gasteiger partial charge on any atom is -0.478 e. The van der Waals surface area contributed by atoms with E-state index in [1.807, 2.05) is 0 Å². The van der Waals surface area contributed by atoms with E-state index in [4.69, 9.17) is 14.9 Å². The van der Waals surface area contributed by atoms with Crippen molar-refractivity contribution in [3.05, 3.63) is 0 Å². The molecule has 0 radical (unpaired) electrons. The molecule has 0 saturated carbocycles. The van der Waals surface area contributed by atoms with Crippen LogP contribution < -0.4 is 5.32 Å². The van der Waals surface area contributed by atoms with Gasteiger partial charge < -0.3 is 20.1 Å². The smallest absolute Gasteiger partial charge is 0.410 e. The number of alkyl carbamates (subject to hydrolysis) is 1. The number of nitrogens with one attached hydrogen (secondary N) is 1. The minimum atomic E-state index is -2.76. The second kappa shape index (κ2) is 4.67. The molecule has 0 aromatic rings. The van der Waals surface area contributed by atoms with Crippen molar-refractivity contribution >= 4 is 12.1 Å². The molecule has 4 N–H and O–H groups in total. The molecule has 0 aromatic heterocycles. The largest absolute Gasteiger partial charge is 0.478 e. The molecule has 0 spiro atoms. The molecule has 2 atom stereocenters. The summed E-state index contributed by atoms with van der Waals surface area (Å²) in [7, 11) is 0. The molecule has 0 bridgehead atoms. The van der Waals surface area contributed by atoms with Crippen LogP contribution in [0.1, 0.15) is 27.7 Å². The number of aliphatic hydroxyl groups excluding tert-OH is 1. The van der Waals surface area contributed by atoms with Crippen LogP contribution in [0, 0.1) is 0 Å². The van der Waals surface area contributed by atoms with Gasteiger partial charge in [-0.1, -0.05) is 0 Å². The van der Waals surface area contributed by atoms with Gasteiger partial charge in [-0.15, -0.1) is 0 Å². The van der Waals surface area contributed by atoms with Crippen molar-refractivity contribution < 1.29 is 29.6 Å². The lowest BCUT2D eigenvalue weighted by molar-refractivity contribution is -0.175. The van der Waals surface area contributed by atoms with Gasteiger partial charge in [-0.25, -0.2) is 9.59 Å². The number of hydrogen-bond acceptors (Lipinski definition) is 5. The molecule has 0 rings (SSSR count). The molecule has 1 amide bonds. The SMILES string of the molecule is C[C@H](O)[C@@](O)(NC(=O)OC(C)(C)C)C(=O)O. The number of carbonyl (C=O) groups is 2. The normalized spacial score (nSPS) is 17.1. The van der Waals surface area contributed by atoms with Gasteiger partial charge in [0.25, 0.3) is 5.72 Å². The zero-order valence-corrected chi connectivity index (χ0v) is 9.64. The van der Waals surface area contributed by atoms with Gasteiger partial charge in [-0.05, 0) is 27.7 Å². The highest BCUT2D eigenvalue weighted by Gasteiger charge is 2.44. The zero-order chi connectivity index (χ0) is 13.1. The molecule has 0 aliphatic rings. The van der Waals surface area contributed by atoms with E-state index in [2.05, 4.69) is 0 Å². The standard InChI is InChI=1S/C9H17NO6/c1-5(11)9(15,6(12)13)10-7(14)16-8(2,3)4/h5,11,15H,1-4H3,(H,10,14)(H,12,13)/t5-,9-/m0/s1. The van der Waals surface area contributed by atoms with Crippen LogP contribution in [0.3, 0.4) is 0 Å². The van der Waals surface area contributed by atoms with Gasteiger partial charge in [0.1, 0.15) is 11.7 Å². The van der Waals surface area contributed by atoms with Crippen LogP contribution in [0.15, 0.2) is 0 Å². The maximum absolute atomic E-state index is 11.2. The van der Waals surface area contributed by atoms with Gasteiger partial charge in [0.15, 0.2) is 0 Å². The van der Waals surface area contributed by atoms with E-state index >= 15 is 0 Å². The number of aliphatic hydroxyl groups is 2. The predicted octanol–water partition coefficient (Wildman–Crippen LogP) is -0.335. The van der Waals surface area contributed by atoms with Gasteiger partial charge in [-0.3, -0.25) is 5.32 Å². The topological polar surface area (TPSA) is 116 Å². The summed E-state index contributed by atoms with van der Waals surface area (Å²) in [4.78, 5) is 21.9. The Hall–Kier alpha value is -1.34. The third kappa shape index (κ3) is 4.03. The van der Waals surface area contributed by atoms with Crippen molar-refractivity contribution in [2.75, 3.05) is 0 Å². The molecule has 0 aromatic carbocycles. The molecule has 7 heteroatoms. The molecular weight excluding hydrogens is 218 g/mol. The Balaban J connectivity index is 4.68. The predicted molar refractivity (Wildman–Crippen MR) is 53.6 cm³/mol. The van der Waals surface area contributed by atoms with Crippen LogP contribution in [0.4, 0.5) is 4.79 Å². The number of carboxylic acids is 1. The average Bonchev–Trinajstić information content (AvgIpc) is 1.98. The minimum absolute atomic E-state index is 0.831. The summed E-state index contributed by atoms with van der Waals surface area (Å²) in [5.74, 6) is -1.77. The molecule has 0 fully saturated rings. The van der Waals surface area contributed by atoms with Crippen LogP contribution >= 0.6 is 0 Å². The lowest BCUT2D eigenvalue weighted by Crippen LogP contribution is -2.61. The fourth-order valence-corrected chi connectivity index (χ4v) is 0.796. The van der Waals surface area contributed by atoms with Crippen molar-refractivity contribution in [2.45, 2.75) is 45.1 Å². The van der Waals surface area contributed by atoms with Crippen LogP contribution in [-0.2, 0) is 9.53 Å². The maximum Gasteiger partial charge on any atom is 0.410 e. The molecule has 94 valence electrons. The van der Waals surface area contributed by atoms with Crippen LogP contribution in [0.2, 0.25) is 0 Å². The Morgan fingerprint density at radius 1 is 1.31 bits per heavy atom. The van der Waals surface area contributed by atoms with Gasteiger partial charge >= 0.3 is 12.1 Å². The van der Waals surface area contributed by atoms with Crippen LogP contribution in [0.5, 0.6) is 0 Å². The third-order valence-corrected chi connectivity index (χ3v) is 1.62. The highest BCUT2D eigenvalue weighted by Crippen LogP contribution is 2.11. The summed E-state index contributed by atoms with van der Waals surface area (Å²) >= 11 is 0. The first-order chi connectivity index (χ1) is 6.99. The van der Waals surface area contributed by atoms with E-state index in [1.54, 1.807) is 26.1 Å². The van der Waals surface area contributed by atoms with E-state index in [-0.39, 0.29) is 0 Å². The quantitative estimate of drug-likeness (QED) is 0.497. The number of carboxylic acid groups (broad SMARTS) is 1. The second-order valence-corrected chi connectivity index (χ2v) is 4.37. The molecule has 7 nitrogen and oxygen atoms in total. The van der Waals surface area contributed by atoms with E-state index in [1.165, 1.54) is 0 Å². The third-order valence-electron chi connectivity index (χ3n) is 1.62. The van der Waals surface area contributed by atoms with Crippen molar-refractivity contribution in [1.29, 1.82) is 0 Å². The van der Waals surface area contributed by atoms with Crippen LogP contribution in [-0.4, -0.2) is 44.8 Å². The Bertz CT molecular complexity index is 282. The highest BCUT2D eigenvalue weighted by molar-refractivity contribution is 5.83. The lowest BCUT2D eigenvalue weighted by atomic mass is 10.1. The summed E-state index contributed by atoms with van der Waals surface area (Å²) < 4.78 is 4.75. The first kappa shape index (κ1) is 14.7. The van der Waals surface area contributed by atoms with E-state index < -0.39 is 29.5 Å². The van der Waals surface area contributed by atoms with E-state index in [0.717, 1.165) is 6.92 Å². The van der Waals surface area contributed by atoms with Gasteiger partial charge in [0.05, 0.1) is 0 Å². The molecular formula is C9H17NO6. The highest BCUT2D eigenvalue weighted by atomic mass is 16.6. The number of aliphatic carboxylic acids is 1. The molecule has 0 aliphatic carbocycles. The first-order valence-corrected chi connectivity index (χ1v) is 4.64. The van der Waals surface area contributed by atoms with Gasteiger partial charge in [-0.2, -0.15) is 0 Å². The summed E-state index contributed by atoms with van der Waals surface area (Å²) in [5.41, 5.74) is -3.59. The molecule has 16 heavy (non-hydrogen) atoms. The van der Waals surface area contributed by atoms with E-state index in [9.17, 15) is 14.7 Å². The van der Waals surface area contributed by atoms with Crippen molar-refractivity contribution in [2.24, 2.45) is 0 Å².